The normalized spacial score (nSPS) is 26.0. The lowest BCUT2D eigenvalue weighted by molar-refractivity contribution is 0.127. The van der Waals surface area contributed by atoms with Gasteiger partial charge in [0.2, 0.25) is 0 Å². The fraction of sp³-hybridized carbons (Fsp3) is 0.500. The molecular weight excluding hydrogens is 258 g/mol. The van der Waals surface area contributed by atoms with Crippen LogP contribution in [-0.4, -0.2) is 22.2 Å². The minimum Gasteiger partial charge on any atom is -0.398 e. The summed E-state index contributed by atoms with van der Waals surface area (Å²) in [4.78, 5) is 0. The van der Waals surface area contributed by atoms with Crippen molar-refractivity contribution >= 4 is 28.1 Å². The zero-order valence-corrected chi connectivity index (χ0v) is 11.3. The summed E-state index contributed by atoms with van der Waals surface area (Å²) in [5, 5.41) is 0.670. The molecule has 0 amide bonds. The average Bonchev–Trinajstić information content (AvgIpc) is 2.70. The molecule has 1 aromatic carbocycles. The molecule has 3 nitrogen and oxygen atoms in total. The fourth-order valence-electron chi connectivity index (χ4n) is 2.01. The maximum atomic E-state index is 12.2. The number of benzene rings is 1. The molecule has 1 aliphatic rings. The van der Waals surface area contributed by atoms with Crippen molar-refractivity contribution in [3.63, 3.8) is 0 Å². The van der Waals surface area contributed by atoms with E-state index in [-0.39, 0.29) is 11.4 Å². The van der Waals surface area contributed by atoms with Gasteiger partial charge in [-0.15, -0.1) is 0 Å². The third-order valence-corrected chi connectivity index (χ3v) is 5.27. The van der Waals surface area contributed by atoms with Crippen molar-refractivity contribution in [2.45, 2.75) is 30.5 Å². The van der Waals surface area contributed by atoms with Gasteiger partial charge in [-0.3, -0.25) is 4.21 Å². The van der Waals surface area contributed by atoms with E-state index in [0.29, 0.717) is 23.1 Å². The van der Waals surface area contributed by atoms with Crippen LogP contribution in [0.1, 0.15) is 18.9 Å². The summed E-state index contributed by atoms with van der Waals surface area (Å²) in [7, 11) is -0.915. The smallest absolute Gasteiger partial charge is 0.0691 e. The van der Waals surface area contributed by atoms with Crippen molar-refractivity contribution in [1.29, 1.82) is 0 Å². The highest BCUT2D eigenvalue weighted by Crippen LogP contribution is 2.24. The Balaban J connectivity index is 2.05. The van der Waals surface area contributed by atoms with Gasteiger partial charge in [0.25, 0.3) is 0 Å². The monoisotopic (exact) mass is 273 g/mol. The molecule has 0 radical (unpaired) electrons. The van der Waals surface area contributed by atoms with Crippen LogP contribution in [0.2, 0.25) is 5.02 Å². The van der Waals surface area contributed by atoms with E-state index in [4.69, 9.17) is 22.1 Å². The van der Waals surface area contributed by atoms with E-state index in [1.165, 1.54) is 0 Å². The maximum Gasteiger partial charge on any atom is 0.0691 e. The van der Waals surface area contributed by atoms with Crippen LogP contribution in [0.4, 0.5) is 5.69 Å². The number of halogens is 1. The van der Waals surface area contributed by atoms with E-state index in [0.717, 1.165) is 12.0 Å². The van der Waals surface area contributed by atoms with Gasteiger partial charge < -0.3 is 10.5 Å². The van der Waals surface area contributed by atoms with Gasteiger partial charge in [-0.05, 0) is 31.0 Å². The van der Waals surface area contributed by atoms with Gasteiger partial charge in [0.1, 0.15) is 0 Å². The molecule has 0 saturated carbocycles. The van der Waals surface area contributed by atoms with Gasteiger partial charge in [-0.2, -0.15) is 0 Å². The van der Waals surface area contributed by atoms with E-state index in [1.54, 1.807) is 12.1 Å². The Morgan fingerprint density at radius 2 is 2.35 bits per heavy atom. The second-order valence-electron chi connectivity index (χ2n) is 4.28. The molecule has 1 aromatic rings. The number of hydrogen-bond acceptors (Lipinski definition) is 3. The van der Waals surface area contributed by atoms with Crippen molar-refractivity contribution in [2.24, 2.45) is 0 Å². The van der Waals surface area contributed by atoms with Gasteiger partial charge in [0, 0.05) is 23.2 Å². The molecule has 0 bridgehead atoms. The number of ether oxygens (including phenoxy) is 1. The summed E-state index contributed by atoms with van der Waals surface area (Å²) >= 11 is 5.85. The molecule has 3 unspecified atom stereocenters. The van der Waals surface area contributed by atoms with Crippen LogP contribution >= 0.6 is 11.6 Å². The highest BCUT2D eigenvalue weighted by Gasteiger charge is 2.29. The van der Waals surface area contributed by atoms with Crippen LogP contribution in [0.15, 0.2) is 18.2 Å². The van der Waals surface area contributed by atoms with E-state index in [9.17, 15) is 4.21 Å². The summed E-state index contributed by atoms with van der Waals surface area (Å²) in [6, 6.07) is 5.41. The SMILES string of the molecule is CC1OCCC1S(=O)Cc1ccc(Cl)c(N)c1. The molecule has 1 fully saturated rings. The van der Waals surface area contributed by atoms with Crippen LogP contribution in [0.5, 0.6) is 0 Å². The zero-order chi connectivity index (χ0) is 12.4. The summed E-state index contributed by atoms with van der Waals surface area (Å²) in [5.41, 5.74) is 7.22. The zero-order valence-electron chi connectivity index (χ0n) is 9.69. The number of nitrogens with two attached hydrogens (primary N) is 1. The molecule has 1 saturated heterocycles. The molecule has 3 atom stereocenters. The highest BCUT2D eigenvalue weighted by atomic mass is 35.5. The lowest BCUT2D eigenvalue weighted by Crippen LogP contribution is -2.24. The van der Waals surface area contributed by atoms with Crippen molar-refractivity contribution < 1.29 is 8.95 Å². The molecule has 1 heterocycles. The van der Waals surface area contributed by atoms with Gasteiger partial charge in [0.15, 0.2) is 0 Å². The Morgan fingerprint density at radius 1 is 1.59 bits per heavy atom. The van der Waals surface area contributed by atoms with Gasteiger partial charge >= 0.3 is 0 Å². The Labute approximate surface area is 109 Å². The third kappa shape index (κ3) is 3.00. The van der Waals surface area contributed by atoms with Gasteiger partial charge in [0.05, 0.1) is 22.1 Å². The molecule has 1 aliphatic heterocycles. The minimum absolute atomic E-state index is 0.0838. The highest BCUT2D eigenvalue weighted by molar-refractivity contribution is 7.84. The quantitative estimate of drug-likeness (QED) is 0.860. The summed E-state index contributed by atoms with van der Waals surface area (Å²) in [6.45, 7) is 2.69. The Kier molecular flexibility index (Phi) is 4.07. The first-order chi connectivity index (χ1) is 8.08. The van der Waals surface area contributed by atoms with E-state index in [1.807, 2.05) is 13.0 Å². The lowest BCUT2D eigenvalue weighted by atomic mass is 10.2. The molecule has 0 spiro atoms. The lowest BCUT2D eigenvalue weighted by Gasteiger charge is -2.13. The van der Waals surface area contributed by atoms with E-state index in [2.05, 4.69) is 0 Å². The van der Waals surface area contributed by atoms with Crippen molar-refractivity contribution in [3.05, 3.63) is 28.8 Å². The topological polar surface area (TPSA) is 52.3 Å². The predicted octanol–water partition coefficient (Wildman–Crippen LogP) is 2.35. The van der Waals surface area contributed by atoms with Crippen LogP contribution in [0, 0.1) is 0 Å². The number of rotatable bonds is 3. The molecule has 17 heavy (non-hydrogen) atoms. The number of hydrogen-bond donors (Lipinski definition) is 1. The molecule has 5 heteroatoms. The summed E-state index contributed by atoms with van der Waals surface area (Å²) in [6.07, 6.45) is 0.956. The third-order valence-electron chi connectivity index (χ3n) is 3.01. The van der Waals surface area contributed by atoms with Gasteiger partial charge in [-0.1, -0.05) is 17.7 Å². The molecular formula is C12H16ClNO2S. The van der Waals surface area contributed by atoms with Crippen molar-refractivity contribution in [3.8, 4) is 0 Å². The second kappa shape index (κ2) is 5.38. The Hall–Kier alpha value is -0.580. The molecule has 94 valence electrons. The van der Waals surface area contributed by atoms with Crippen molar-refractivity contribution in [2.75, 3.05) is 12.3 Å². The molecule has 2 N–H and O–H groups in total. The van der Waals surface area contributed by atoms with Crippen LogP contribution < -0.4 is 5.73 Å². The number of anilines is 1. The molecule has 2 rings (SSSR count). The molecule has 0 aliphatic carbocycles. The average molecular weight is 274 g/mol. The Morgan fingerprint density at radius 3 is 2.94 bits per heavy atom. The second-order valence-corrected chi connectivity index (χ2v) is 6.35. The molecule has 0 aromatic heterocycles. The predicted molar refractivity (Wildman–Crippen MR) is 71.5 cm³/mol. The van der Waals surface area contributed by atoms with E-state index >= 15 is 0 Å². The summed E-state index contributed by atoms with van der Waals surface area (Å²) < 4.78 is 17.6. The van der Waals surface area contributed by atoms with E-state index < -0.39 is 10.8 Å². The summed E-state index contributed by atoms with van der Waals surface area (Å²) in [5.74, 6) is 0.514. The van der Waals surface area contributed by atoms with Crippen molar-refractivity contribution in [1.82, 2.24) is 0 Å². The first-order valence-corrected chi connectivity index (χ1v) is 7.36. The van der Waals surface area contributed by atoms with Crippen LogP contribution in [0.25, 0.3) is 0 Å². The minimum atomic E-state index is -0.915. The first kappa shape index (κ1) is 12.9. The van der Waals surface area contributed by atoms with Gasteiger partial charge in [-0.25, -0.2) is 0 Å². The fourth-order valence-corrected chi connectivity index (χ4v) is 3.72. The number of nitrogen functional groups attached to an aromatic ring is 1. The standard InChI is InChI=1S/C12H16ClNO2S/c1-8-12(4-5-16-8)17(15)7-9-2-3-10(13)11(14)6-9/h2-3,6,8,12H,4-5,7,14H2,1H3. The largest absolute Gasteiger partial charge is 0.398 e. The Bertz CT molecular complexity index is 439. The van der Waals surface area contributed by atoms with Crippen LogP contribution in [-0.2, 0) is 21.3 Å². The van der Waals surface area contributed by atoms with Crippen LogP contribution in [0.3, 0.4) is 0 Å². The maximum absolute atomic E-state index is 12.2. The first-order valence-electron chi connectivity index (χ1n) is 5.60.